The largest absolute Gasteiger partial charge is 0.444 e. The molecular weight excluding hydrogens is 917 g/mol. The molecule has 3 aromatic heterocycles. The molecule has 4 N–H and O–H groups in total. The zero-order chi connectivity index (χ0) is 49.0. The third-order valence-corrected chi connectivity index (χ3v) is 11.5. The van der Waals surface area contributed by atoms with Crippen molar-refractivity contribution in [3.05, 3.63) is 101 Å². The summed E-state index contributed by atoms with van der Waals surface area (Å²) in [5, 5.41) is 15.0. The van der Waals surface area contributed by atoms with Crippen LogP contribution in [0.4, 0.5) is 26.0 Å². The lowest BCUT2D eigenvalue weighted by Gasteiger charge is -2.27. The van der Waals surface area contributed by atoms with Gasteiger partial charge in [0.1, 0.15) is 18.1 Å². The number of imide groups is 2. The number of Topliss-reactive ketones (excluding diaryl/α,β-unsaturated/α-hetero) is 1. The molecule has 20 nitrogen and oxygen atoms in total. The van der Waals surface area contributed by atoms with Gasteiger partial charge in [0, 0.05) is 55.5 Å². The van der Waals surface area contributed by atoms with Crippen LogP contribution in [0, 0.1) is 5.92 Å². The SMILES string of the molecule is O=C1CCC(N2C(=O)c3cccc(NCCOCCOCCOCCOCCCC(=O)c4ccc(-n5cc(NC(=O)c6coc(-c7ccnc(NCC8CC8)c7)n6)c(C(F)F)n5)cc4)c3C2=O)C(=O)N1. The van der Waals surface area contributed by atoms with Crippen molar-refractivity contribution in [3.8, 4) is 17.1 Å². The number of nitrogens with zero attached hydrogens (tertiary/aromatic N) is 5. The Hall–Kier alpha value is -7.27. The van der Waals surface area contributed by atoms with Gasteiger partial charge < -0.3 is 39.3 Å². The molecule has 1 saturated heterocycles. The molecule has 1 atom stereocenters. The molecule has 2 fully saturated rings. The van der Waals surface area contributed by atoms with E-state index in [0.717, 1.165) is 17.7 Å². The summed E-state index contributed by atoms with van der Waals surface area (Å²) in [4.78, 5) is 85.5. The summed E-state index contributed by atoms with van der Waals surface area (Å²) >= 11 is 0. The third kappa shape index (κ3) is 12.5. The van der Waals surface area contributed by atoms with E-state index < -0.39 is 47.7 Å². The summed E-state index contributed by atoms with van der Waals surface area (Å²) < 4.78 is 57.1. The second kappa shape index (κ2) is 23.4. The first-order valence-corrected chi connectivity index (χ1v) is 22.9. The number of ether oxygens (including phenoxy) is 4. The van der Waals surface area contributed by atoms with E-state index in [4.69, 9.17) is 23.4 Å². The van der Waals surface area contributed by atoms with Crippen molar-refractivity contribution >= 4 is 52.5 Å². The van der Waals surface area contributed by atoms with E-state index in [1.165, 1.54) is 29.8 Å². The highest BCUT2D eigenvalue weighted by atomic mass is 19.3. The molecule has 5 heterocycles. The quantitative estimate of drug-likeness (QED) is 0.0289. The molecule has 8 rings (SSSR count). The van der Waals surface area contributed by atoms with E-state index in [9.17, 15) is 37.5 Å². The summed E-state index contributed by atoms with van der Waals surface area (Å²) in [6.45, 7) is 3.79. The number of anilines is 3. The minimum Gasteiger partial charge on any atom is -0.444 e. The molecule has 368 valence electrons. The fraction of sp³-hybridized carbons (Fsp3) is 0.396. The molecule has 70 heavy (non-hydrogen) atoms. The van der Waals surface area contributed by atoms with E-state index in [2.05, 4.69) is 36.3 Å². The molecule has 0 spiro atoms. The van der Waals surface area contributed by atoms with Crippen molar-refractivity contribution in [2.24, 2.45) is 5.92 Å². The number of amides is 5. The van der Waals surface area contributed by atoms with Crippen molar-refractivity contribution in [2.75, 3.05) is 81.9 Å². The van der Waals surface area contributed by atoms with E-state index in [0.29, 0.717) is 100 Å². The van der Waals surface area contributed by atoms with Gasteiger partial charge in [0.25, 0.3) is 24.1 Å². The molecular formula is C48H51F2N9O11. The molecule has 22 heteroatoms. The highest BCUT2D eigenvalue weighted by molar-refractivity contribution is 6.25. The maximum atomic E-state index is 14.0. The average Bonchev–Trinajstić information content (AvgIpc) is 3.76. The number of hydrogen-bond donors (Lipinski definition) is 4. The number of fused-ring (bicyclic) bond motifs is 1. The number of carbonyl (C=O) groups is 6. The first kappa shape index (κ1) is 49.2. The molecule has 1 aliphatic carbocycles. The Morgan fingerprint density at radius 2 is 1.57 bits per heavy atom. The maximum absolute atomic E-state index is 14.0. The number of halogens is 2. The summed E-state index contributed by atoms with van der Waals surface area (Å²) in [6, 6.07) is 13.6. The van der Waals surface area contributed by atoms with Gasteiger partial charge in [0.15, 0.2) is 17.2 Å². The summed E-state index contributed by atoms with van der Waals surface area (Å²) in [5.41, 5.74) is 1.28. The van der Waals surface area contributed by atoms with Crippen LogP contribution in [0.1, 0.15) is 92.2 Å². The van der Waals surface area contributed by atoms with E-state index in [1.54, 1.807) is 54.7 Å². The number of alkyl halides is 2. The van der Waals surface area contributed by atoms with Crippen molar-refractivity contribution in [1.29, 1.82) is 0 Å². The number of ketones is 1. The monoisotopic (exact) mass is 967 g/mol. The van der Waals surface area contributed by atoms with E-state index in [1.807, 2.05) is 0 Å². The Bertz CT molecular complexity index is 2690. The molecule has 0 radical (unpaired) electrons. The number of oxazole rings is 1. The average molecular weight is 968 g/mol. The standard InChI is InChI=1S/C48H51F2N9O11/c49-43(50)42-35(54-44(62)36-28-70-46(55-36)31-14-15-52-39(25-31)53-26-29-6-7-29)27-58(57-42)32-10-8-30(9-11-32)38(60)5-2-17-66-19-21-68-23-24-69-22-20-67-18-16-51-34-4-1-3-33-41(34)48(65)59(47(33)64)37-12-13-40(61)56-45(37)63/h1,3-4,8-11,14-15,25,27-29,37,43,51H,2,5-7,12-13,16-24,26H2,(H,52,53)(H,54,62)(H,56,61,63). The molecule has 3 aliphatic rings. The highest BCUT2D eigenvalue weighted by Crippen LogP contribution is 2.33. The number of carbonyl (C=O) groups excluding carboxylic acids is 6. The first-order valence-electron chi connectivity index (χ1n) is 22.9. The molecule has 0 bridgehead atoms. The van der Waals surface area contributed by atoms with Crippen LogP contribution in [-0.4, -0.2) is 132 Å². The fourth-order valence-electron chi connectivity index (χ4n) is 7.67. The number of pyridine rings is 1. The van der Waals surface area contributed by atoms with Gasteiger partial charge in [0.05, 0.1) is 74.9 Å². The van der Waals surface area contributed by atoms with Gasteiger partial charge >= 0.3 is 0 Å². The zero-order valence-corrected chi connectivity index (χ0v) is 38.0. The van der Waals surface area contributed by atoms with Gasteiger partial charge in [-0.15, -0.1) is 0 Å². The Morgan fingerprint density at radius 1 is 0.843 bits per heavy atom. The Balaban J connectivity index is 0.663. The van der Waals surface area contributed by atoms with Gasteiger partial charge in [-0.2, -0.15) is 5.10 Å². The smallest absolute Gasteiger partial charge is 0.284 e. The molecule has 1 unspecified atom stereocenters. The van der Waals surface area contributed by atoms with Crippen LogP contribution in [0.3, 0.4) is 0 Å². The zero-order valence-electron chi connectivity index (χ0n) is 38.0. The van der Waals surface area contributed by atoms with Gasteiger partial charge in [-0.3, -0.25) is 39.0 Å². The molecule has 5 amide bonds. The molecule has 5 aromatic rings. The van der Waals surface area contributed by atoms with Crippen LogP contribution in [0.25, 0.3) is 17.1 Å². The normalized spacial score (nSPS) is 15.6. The van der Waals surface area contributed by atoms with Crippen molar-refractivity contribution in [2.45, 2.75) is 51.0 Å². The number of hydrogen-bond acceptors (Lipinski definition) is 16. The Kier molecular flexibility index (Phi) is 16.4. The fourth-order valence-corrected chi connectivity index (χ4v) is 7.67. The number of benzene rings is 2. The minimum atomic E-state index is -2.99. The topological polar surface area (TPSA) is 247 Å². The summed E-state index contributed by atoms with van der Waals surface area (Å²) in [5.74, 6) is -1.68. The number of nitrogens with one attached hydrogen (secondary N) is 4. The number of aromatic nitrogens is 4. The summed E-state index contributed by atoms with van der Waals surface area (Å²) in [6.07, 6.45) is 4.22. The predicted molar refractivity (Wildman–Crippen MR) is 246 cm³/mol. The lowest BCUT2D eigenvalue weighted by molar-refractivity contribution is -0.136. The van der Waals surface area contributed by atoms with Gasteiger partial charge in [-0.1, -0.05) is 6.07 Å². The second-order valence-electron chi connectivity index (χ2n) is 16.5. The van der Waals surface area contributed by atoms with Gasteiger partial charge in [-0.25, -0.2) is 23.4 Å². The first-order chi connectivity index (χ1) is 34.0. The summed E-state index contributed by atoms with van der Waals surface area (Å²) in [7, 11) is 0. The maximum Gasteiger partial charge on any atom is 0.284 e. The number of piperidine rings is 1. The lowest BCUT2D eigenvalue weighted by Crippen LogP contribution is -2.54. The number of rotatable bonds is 27. The minimum absolute atomic E-state index is 0.0419. The van der Waals surface area contributed by atoms with Crippen molar-refractivity contribution in [3.63, 3.8) is 0 Å². The van der Waals surface area contributed by atoms with Crippen LogP contribution in [-0.2, 0) is 28.5 Å². The molecule has 2 aliphatic heterocycles. The second-order valence-corrected chi connectivity index (χ2v) is 16.5. The predicted octanol–water partition coefficient (Wildman–Crippen LogP) is 5.48. The van der Waals surface area contributed by atoms with Crippen molar-refractivity contribution < 1.29 is 60.9 Å². The third-order valence-electron chi connectivity index (χ3n) is 11.5. The van der Waals surface area contributed by atoms with Crippen LogP contribution in [0.2, 0.25) is 0 Å². The Labute approximate surface area is 399 Å². The van der Waals surface area contributed by atoms with Gasteiger partial charge in [-0.05, 0) is 80.1 Å². The van der Waals surface area contributed by atoms with E-state index in [-0.39, 0.29) is 53.4 Å². The highest BCUT2D eigenvalue weighted by Gasteiger charge is 2.45. The van der Waals surface area contributed by atoms with E-state index >= 15 is 0 Å². The van der Waals surface area contributed by atoms with Crippen LogP contribution in [0.5, 0.6) is 0 Å². The molecule has 2 aromatic carbocycles. The van der Waals surface area contributed by atoms with Crippen LogP contribution >= 0.6 is 0 Å². The van der Waals surface area contributed by atoms with Crippen LogP contribution < -0.4 is 21.3 Å². The van der Waals surface area contributed by atoms with Crippen LogP contribution in [0.15, 0.2) is 77.7 Å². The van der Waals surface area contributed by atoms with Crippen molar-refractivity contribution in [1.82, 2.24) is 30.0 Å². The molecule has 1 saturated carbocycles. The lowest BCUT2D eigenvalue weighted by atomic mass is 10.0. The van der Waals surface area contributed by atoms with Gasteiger partial charge in [0.2, 0.25) is 17.7 Å². The Morgan fingerprint density at radius 3 is 2.29 bits per heavy atom.